The van der Waals surface area contributed by atoms with Crippen molar-refractivity contribution in [1.29, 1.82) is 0 Å². The van der Waals surface area contributed by atoms with Crippen molar-refractivity contribution in [2.24, 2.45) is 14.1 Å². The summed E-state index contributed by atoms with van der Waals surface area (Å²) in [6, 6.07) is 20.4. The Morgan fingerprint density at radius 2 is 1.62 bits per heavy atom. The minimum Gasteiger partial charge on any atom is -0.508 e. The number of aromatic hydroxyl groups is 1. The van der Waals surface area contributed by atoms with E-state index < -0.39 is 6.09 Å². The van der Waals surface area contributed by atoms with Gasteiger partial charge in [0.05, 0.1) is 30.7 Å². The van der Waals surface area contributed by atoms with Crippen LogP contribution in [0.1, 0.15) is 48.7 Å². The van der Waals surface area contributed by atoms with E-state index in [2.05, 4.69) is 22.1 Å². The fourth-order valence-corrected chi connectivity index (χ4v) is 8.19. The maximum absolute atomic E-state index is 15.2. The Morgan fingerprint density at radius 1 is 0.873 bits per heavy atom. The molecule has 2 aromatic heterocycles. The van der Waals surface area contributed by atoms with Crippen LogP contribution in [-0.4, -0.2) is 103 Å². The van der Waals surface area contributed by atoms with E-state index in [1.54, 1.807) is 41.2 Å². The molecule has 5 aromatic rings. The summed E-state index contributed by atoms with van der Waals surface area (Å²) in [5.41, 5.74) is 8.27. The highest BCUT2D eigenvalue weighted by molar-refractivity contribution is 6.12. The number of phenols is 1. The van der Waals surface area contributed by atoms with Crippen LogP contribution in [0.15, 0.2) is 79.1 Å². The molecule has 0 radical (unpaired) electrons. The van der Waals surface area contributed by atoms with Crippen LogP contribution in [0.2, 0.25) is 0 Å². The number of aromatic nitrogens is 3. The van der Waals surface area contributed by atoms with Crippen LogP contribution >= 0.6 is 0 Å². The van der Waals surface area contributed by atoms with E-state index in [4.69, 9.17) is 4.74 Å². The van der Waals surface area contributed by atoms with Gasteiger partial charge in [0, 0.05) is 93.8 Å². The number of fused-ring (bicyclic) bond motifs is 2. The first-order chi connectivity index (χ1) is 26.5. The lowest BCUT2D eigenvalue weighted by atomic mass is 9.89. The summed E-state index contributed by atoms with van der Waals surface area (Å²) in [7, 11) is 3.68. The molecule has 0 aliphatic carbocycles. The zero-order valence-corrected chi connectivity index (χ0v) is 31.3. The lowest BCUT2D eigenvalue weighted by molar-refractivity contribution is 0.0193. The topological polar surface area (TPSA) is 137 Å². The summed E-state index contributed by atoms with van der Waals surface area (Å²) in [6.45, 7) is 6.50. The molecule has 0 saturated carbocycles. The van der Waals surface area contributed by atoms with E-state index in [9.17, 15) is 19.8 Å². The third kappa shape index (κ3) is 6.96. The monoisotopic (exact) mass is 743 g/mol. The minimum absolute atomic E-state index is 0.0842. The number of carbonyl (C=O) groups is 3. The SMILES string of the molecule is Cc1c(C(=O)N(c2ccc(O)cc2)c2cnn(C)c2)cc(-c2cc3c(cc2C(=O)N2Cc4ccccc4C[C@H]2CN2CCOCC2)CN(C(=O)O)CC3)n1C. The molecule has 0 spiro atoms. The van der Waals surface area contributed by atoms with Crippen molar-refractivity contribution < 1.29 is 29.3 Å². The fourth-order valence-electron chi connectivity index (χ4n) is 8.19. The lowest BCUT2D eigenvalue weighted by Crippen LogP contribution is -2.52. The number of carboxylic acid groups (broad SMARTS) is 1. The molecule has 3 amide bonds. The minimum atomic E-state index is -0.992. The molecule has 0 bridgehead atoms. The number of benzene rings is 3. The van der Waals surface area contributed by atoms with Crippen LogP contribution in [0.5, 0.6) is 5.75 Å². The molecule has 13 nitrogen and oxygen atoms in total. The number of aryl methyl sites for hydroxylation is 1. The van der Waals surface area contributed by atoms with Gasteiger partial charge in [0.25, 0.3) is 11.8 Å². The van der Waals surface area contributed by atoms with Crippen molar-refractivity contribution in [3.8, 4) is 17.0 Å². The molecule has 3 aliphatic heterocycles. The second-order valence-electron chi connectivity index (χ2n) is 14.7. The van der Waals surface area contributed by atoms with Crippen molar-refractivity contribution in [1.82, 2.24) is 29.0 Å². The van der Waals surface area contributed by atoms with Crippen LogP contribution in [0.3, 0.4) is 0 Å². The van der Waals surface area contributed by atoms with Crippen molar-refractivity contribution in [2.45, 2.75) is 38.9 Å². The number of hydrogen-bond donors (Lipinski definition) is 2. The van der Waals surface area contributed by atoms with E-state index in [0.717, 1.165) is 36.2 Å². The molecule has 1 fully saturated rings. The van der Waals surface area contributed by atoms with Gasteiger partial charge in [-0.15, -0.1) is 0 Å². The van der Waals surface area contributed by atoms with Crippen LogP contribution < -0.4 is 4.90 Å². The molecular formula is C42H45N7O6. The average molecular weight is 744 g/mol. The van der Waals surface area contributed by atoms with E-state index in [1.807, 2.05) is 53.8 Å². The number of ether oxygens (including phenoxy) is 1. The van der Waals surface area contributed by atoms with E-state index in [-0.39, 0.29) is 30.2 Å². The molecule has 13 heteroatoms. The van der Waals surface area contributed by atoms with Gasteiger partial charge in [-0.25, -0.2) is 4.79 Å². The van der Waals surface area contributed by atoms with E-state index in [1.165, 1.54) is 22.6 Å². The first-order valence-electron chi connectivity index (χ1n) is 18.7. The molecule has 0 unspecified atom stereocenters. The first-order valence-corrected chi connectivity index (χ1v) is 18.7. The molecule has 3 aromatic carbocycles. The number of anilines is 2. The van der Waals surface area contributed by atoms with Gasteiger partial charge in [-0.3, -0.25) is 24.1 Å². The predicted octanol–water partition coefficient (Wildman–Crippen LogP) is 5.35. The van der Waals surface area contributed by atoms with Gasteiger partial charge < -0.3 is 29.3 Å². The quantitative estimate of drug-likeness (QED) is 0.228. The van der Waals surface area contributed by atoms with Gasteiger partial charge in [-0.05, 0) is 84.5 Å². The number of nitrogens with zero attached hydrogens (tertiary/aromatic N) is 7. The highest BCUT2D eigenvalue weighted by Crippen LogP contribution is 2.37. The number of hydrogen-bond acceptors (Lipinski definition) is 7. The van der Waals surface area contributed by atoms with Crippen molar-refractivity contribution in [3.05, 3.63) is 118 Å². The summed E-state index contributed by atoms with van der Waals surface area (Å²) < 4.78 is 9.21. The van der Waals surface area contributed by atoms with Crippen molar-refractivity contribution in [3.63, 3.8) is 0 Å². The van der Waals surface area contributed by atoms with Crippen molar-refractivity contribution >= 4 is 29.3 Å². The maximum atomic E-state index is 15.2. The molecule has 2 N–H and O–H groups in total. The number of amides is 3. The molecule has 3 aliphatic rings. The summed E-state index contributed by atoms with van der Waals surface area (Å²) in [5, 5.41) is 24.2. The molecule has 55 heavy (non-hydrogen) atoms. The lowest BCUT2D eigenvalue weighted by Gasteiger charge is -2.41. The van der Waals surface area contributed by atoms with Gasteiger partial charge in [-0.1, -0.05) is 24.3 Å². The number of rotatable bonds is 7. The molecule has 284 valence electrons. The Balaban J connectivity index is 1.23. The van der Waals surface area contributed by atoms with Crippen LogP contribution in [0.4, 0.5) is 16.2 Å². The predicted molar refractivity (Wildman–Crippen MR) is 207 cm³/mol. The third-order valence-electron chi connectivity index (χ3n) is 11.3. The first kappa shape index (κ1) is 36.1. The van der Waals surface area contributed by atoms with Gasteiger partial charge >= 0.3 is 6.09 Å². The number of carbonyl (C=O) groups excluding carboxylic acids is 2. The Hall–Kier alpha value is -5.92. The van der Waals surface area contributed by atoms with Gasteiger partial charge in [0.2, 0.25) is 0 Å². The second-order valence-corrected chi connectivity index (χ2v) is 14.7. The summed E-state index contributed by atoms with van der Waals surface area (Å²) in [6.07, 6.45) is 3.61. The molecule has 5 heterocycles. The highest BCUT2D eigenvalue weighted by Gasteiger charge is 2.35. The van der Waals surface area contributed by atoms with Gasteiger partial charge in [-0.2, -0.15) is 5.10 Å². The number of morpholine rings is 1. The largest absolute Gasteiger partial charge is 0.508 e. The normalized spacial score (nSPS) is 17.1. The Labute approximate surface area is 319 Å². The van der Waals surface area contributed by atoms with Crippen LogP contribution in [-0.2, 0) is 44.8 Å². The standard InChI is InChI=1S/C42H45N7O6/c1-27-36(41(52)49(34-22-43-44(2)25-34)32-8-10-35(50)11-9-32)21-39(45(27)3)37-19-29-12-13-47(42(53)54)23-31(29)20-38(37)40(51)48-24-30-7-5-4-6-28(30)18-33(48)26-46-14-16-55-17-15-46/h4-11,19-22,25,33,50H,12-18,23-24,26H2,1-3H3,(H,53,54)/t33-/m0/s1. The summed E-state index contributed by atoms with van der Waals surface area (Å²) in [4.78, 5) is 49.3. The summed E-state index contributed by atoms with van der Waals surface area (Å²) >= 11 is 0. The number of phenolic OH excluding ortho intramolecular Hbond substituents is 1. The molecule has 1 atom stereocenters. The maximum Gasteiger partial charge on any atom is 0.407 e. The Kier molecular flexibility index (Phi) is 9.66. The Bertz CT molecular complexity index is 2270. The average Bonchev–Trinajstić information content (AvgIpc) is 3.75. The van der Waals surface area contributed by atoms with Crippen LogP contribution in [0.25, 0.3) is 11.3 Å². The fraction of sp³-hybridized carbons (Fsp3) is 0.333. The highest BCUT2D eigenvalue weighted by atomic mass is 16.5. The van der Waals surface area contributed by atoms with Gasteiger partial charge in [0.15, 0.2) is 0 Å². The van der Waals surface area contributed by atoms with E-state index in [0.29, 0.717) is 78.7 Å². The zero-order valence-electron chi connectivity index (χ0n) is 31.3. The molecule has 1 saturated heterocycles. The molecular weight excluding hydrogens is 699 g/mol. The smallest absolute Gasteiger partial charge is 0.407 e. The third-order valence-corrected chi connectivity index (χ3v) is 11.3. The summed E-state index contributed by atoms with van der Waals surface area (Å²) in [5.74, 6) is -0.342. The second kappa shape index (κ2) is 14.7. The van der Waals surface area contributed by atoms with Crippen molar-refractivity contribution in [2.75, 3.05) is 44.3 Å². The van der Waals surface area contributed by atoms with Crippen LogP contribution in [0, 0.1) is 6.92 Å². The Morgan fingerprint density at radius 3 is 2.33 bits per heavy atom. The zero-order chi connectivity index (χ0) is 38.4. The van der Waals surface area contributed by atoms with E-state index >= 15 is 4.79 Å². The van der Waals surface area contributed by atoms with Gasteiger partial charge in [0.1, 0.15) is 5.75 Å². The molecule has 8 rings (SSSR count).